The molecule has 0 aliphatic rings. The van der Waals surface area contributed by atoms with Crippen molar-refractivity contribution in [2.24, 2.45) is 0 Å². The third kappa shape index (κ3) is 2.58. The van der Waals surface area contributed by atoms with Crippen LogP contribution >= 0.6 is 0 Å². The van der Waals surface area contributed by atoms with E-state index in [1.54, 1.807) is 13.0 Å². The molecule has 1 N–H and O–H groups in total. The van der Waals surface area contributed by atoms with Crippen LogP contribution < -0.4 is 4.74 Å². The molecular weight excluding hydrogens is 244 g/mol. The zero-order valence-corrected chi connectivity index (χ0v) is 10.6. The number of hydrogen-bond donors (Lipinski definition) is 1. The molecule has 0 bridgehead atoms. The van der Waals surface area contributed by atoms with Crippen LogP contribution in [0.3, 0.4) is 0 Å². The van der Waals surface area contributed by atoms with E-state index in [1.165, 1.54) is 19.2 Å². The Hall–Kier alpha value is -1.56. The van der Waals surface area contributed by atoms with Crippen LogP contribution in [0.5, 0.6) is 5.75 Å². The number of ether oxygens (including phenoxy) is 1. The lowest BCUT2D eigenvalue weighted by Gasteiger charge is -2.12. The molecule has 1 aromatic rings. The number of methoxy groups -OCH3 is 1. The normalized spacial score (nSPS) is 13.1. The van der Waals surface area contributed by atoms with E-state index < -0.39 is 21.1 Å². The highest BCUT2D eigenvalue weighted by molar-refractivity contribution is 7.92. The van der Waals surface area contributed by atoms with E-state index in [0.29, 0.717) is 0 Å². The molecule has 94 valence electrons. The molecule has 0 amide bonds. The molecule has 5 nitrogen and oxygen atoms in total. The van der Waals surface area contributed by atoms with E-state index in [2.05, 4.69) is 0 Å². The predicted octanol–water partition coefficient (Wildman–Crippen LogP) is 1.25. The van der Waals surface area contributed by atoms with Gasteiger partial charge in [-0.25, -0.2) is 8.42 Å². The van der Waals surface area contributed by atoms with Crippen LogP contribution in [0.15, 0.2) is 23.1 Å². The van der Waals surface area contributed by atoms with Gasteiger partial charge in [-0.2, -0.15) is 0 Å². The highest BCUT2D eigenvalue weighted by atomic mass is 32.2. The van der Waals surface area contributed by atoms with Crippen LogP contribution in [0.1, 0.15) is 12.5 Å². The number of hydrogen-bond acceptors (Lipinski definition) is 4. The Bertz CT molecular complexity index is 533. The lowest BCUT2D eigenvalue weighted by molar-refractivity contribution is -0.136. The monoisotopic (exact) mass is 258 g/mol. The van der Waals surface area contributed by atoms with Crippen molar-refractivity contribution < 1.29 is 23.1 Å². The van der Waals surface area contributed by atoms with Gasteiger partial charge in [-0.05, 0) is 31.5 Å². The predicted molar refractivity (Wildman–Crippen MR) is 62.0 cm³/mol. The molecule has 1 unspecified atom stereocenters. The molecule has 0 fully saturated rings. The van der Waals surface area contributed by atoms with Crippen molar-refractivity contribution in [3.63, 3.8) is 0 Å². The summed E-state index contributed by atoms with van der Waals surface area (Å²) in [5.74, 6) is -1.22. The molecule has 0 saturated heterocycles. The minimum atomic E-state index is -3.93. The first kappa shape index (κ1) is 13.5. The maximum atomic E-state index is 12.0. The minimum Gasteiger partial charge on any atom is -0.495 e. The fourth-order valence-corrected chi connectivity index (χ4v) is 2.76. The standard InChI is InChI=1S/C11H14O5S/c1-7-4-5-9(16-3)10(6-7)17(14,15)8(2)11(12)13/h4-6,8H,1-3H3,(H,12,13). The molecule has 1 aromatic carbocycles. The van der Waals surface area contributed by atoms with Gasteiger partial charge in [-0.3, -0.25) is 4.79 Å². The van der Waals surface area contributed by atoms with Gasteiger partial charge in [0.15, 0.2) is 15.1 Å². The van der Waals surface area contributed by atoms with E-state index in [4.69, 9.17) is 9.84 Å². The summed E-state index contributed by atoms with van der Waals surface area (Å²) >= 11 is 0. The molecule has 0 radical (unpaired) electrons. The summed E-state index contributed by atoms with van der Waals surface area (Å²) in [5.41, 5.74) is 0.724. The third-order valence-electron chi connectivity index (χ3n) is 2.44. The van der Waals surface area contributed by atoms with E-state index >= 15 is 0 Å². The summed E-state index contributed by atoms with van der Waals surface area (Å²) < 4.78 is 29.0. The lowest BCUT2D eigenvalue weighted by Crippen LogP contribution is -2.27. The van der Waals surface area contributed by atoms with Gasteiger partial charge in [0.25, 0.3) is 0 Å². The van der Waals surface area contributed by atoms with Gasteiger partial charge in [0.1, 0.15) is 10.6 Å². The minimum absolute atomic E-state index is 0.0881. The van der Waals surface area contributed by atoms with Crippen LogP contribution in [-0.4, -0.2) is 31.9 Å². The number of benzene rings is 1. The Morgan fingerprint density at radius 3 is 2.47 bits per heavy atom. The third-order valence-corrected chi connectivity index (χ3v) is 4.50. The summed E-state index contributed by atoms with van der Waals surface area (Å²) in [6.07, 6.45) is 0. The molecule has 0 aliphatic carbocycles. The number of aryl methyl sites for hydroxylation is 1. The molecule has 0 aromatic heterocycles. The van der Waals surface area contributed by atoms with Crippen LogP contribution in [0.4, 0.5) is 0 Å². The van der Waals surface area contributed by atoms with Crippen LogP contribution in [0.25, 0.3) is 0 Å². The second-order valence-electron chi connectivity index (χ2n) is 3.68. The molecule has 1 rings (SSSR count). The second kappa shape index (κ2) is 4.75. The highest BCUT2D eigenvalue weighted by Crippen LogP contribution is 2.28. The van der Waals surface area contributed by atoms with Crippen LogP contribution in [0, 0.1) is 6.92 Å². The van der Waals surface area contributed by atoms with Crippen molar-refractivity contribution in [3.05, 3.63) is 23.8 Å². The van der Waals surface area contributed by atoms with Crippen molar-refractivity contribution in [3.8, 4) is 5.75 Å². The number of rotatable bonds is 4. The van der Waals surface area contributed by atoms with Gasteiger partial charge in [-0.1, -0.05) is 6.07 Å². The zero-order chi connectivity index (χ0) is 13.2. The summed E-state index contributed by atoms with van der Waals surface area (Å²) in [5, 5.41) is 7.29. The van der Waals surface area contributed by atoms with Crippen molar-refractivity contribution in [2.45, 2.75) is 24.0 Å². The van der Waals surface area contributed by atoms with Crippen molar-refractivity contribution >= 4 is 15.8 Å². The van der Waals surface area contributed by atoms with E-state index in [0.717, 1.165) is 12.5 Å². The van der Waals surface area contributed by atoms with Crippen LogP contribution in [0.2, 0.25) is 0 Å². The molecule has 0 aliphatic heterocycles. The van der Waals surface area contributed by atoms with Gasteiger partial charge in [0, 0.05) is 0 Å². The smallest absolute Gasteiger partial charge is 0.321 e. The maximum Gasteiger partial charge on any atom is 0.321 e. The molecular formula is C11H14O5S. The summed E-state index contributed by atoms with van der Waals surface area (Å²) in [6, 6.07) is 4.62. The van der Waals surface area contributed by atoms with Gasteiger partial charge in [-0.15, -0.1) is 0 Å². The van der Waals surface area contributed by atoms with E-state index in [-0.39, 0.29) is 10.6 Å². The van der Waals surface area contributed by atoms with Gasteiger partial charge in [0.05, 0.1) is 7.11 Å². The van der Waals surface area contributed by atoms with Crippen molar-refractivity contribution in [1.29, 1.82) is 0 Å². The number of sulfone groups is 1. The Morgan fingerprint density at radius 2 is 2.00 bits per heavy atom. The first-order valence-corrected chi connectivity index (χ1v) is 6.46. The Kier molecular flexibility index (Phi) is 3.77. The summed E-state index contributed by atoms with van der Waals surface area (Å²) in [7, 11) is -2.59. The van der Waals surface area contributed by atoms with Gasteiger partial charge >= 0.3 is 5.97 Å². The number of carboxylic acids is 1. The Balaban J connectivity index is 3.42. The Morgan fingerprint density at radius 1 is 1.41 bits per heavy atom. The molecule has 0 spiro atoms. The molecule has 6 heteroatoms. The maximum absolute atomic E-state index is 12.0. The topological polar surface area (TPSA) is 80.7 Å². The fraction of sp³-hybridized carbons (Fsp3) is 0.364. The van der Waals surface area contributed by atoms with Crippen LogP contribution in [-0.2, 0) is 14.6 Å². The highest BCUT2D eigenvalue weighted by Gasteiger charge is 2.32. The van der Waals surface area contributed by atoms with Crippen molar-refractivity contribution in [2.75, 3.05) is 7.11 Å². The number of aliphatic carboxylic acids is 1. The fourth-order valence-electron chi connectivity index (χ4n) is 1.33. The second-order valence-corrected chi connectivity index (χ2v) is 5.92. The molecule has 0 heterocycles. The Labute approximate surface area is 100.0 Å². The SMILES string of the molecule is COc1ccc(C)cc1S(=O)(=O)C(C)C(=O)O. The lowest BCUT2D eigenvalue weighted by atomic mass is 10.2. The van der Waals surface area contributed by atoms with E-state index in [1.807, 2.05) is 0 Å². The summed E-state index contributed by atoms with van der Waals surface area (Å²) in [6.45, 7) is 2.86. The average molecular weight is 258 g/mol. The largest absolute Gasteiger partial charge is 0.495 e. The molecule has 17 heavy (non-hydrogen) atoms. The van der Waals surface area contributed by atoms with Crippen molar-refractivity contribution in [1.82, 2.24) is 0 Å². The van der Waals surface area contributed by atoms with E-state index in [9.17, 15) is 13.2 Å². The molecule has 0 saturated carbocycles. The first-order valence-electron chi connectivity index (χ1n) is 4.92. The zero-order valence-electron chi connectivity index (χ0n) is 9.80. The molecule has 1 atom stereocenters. The number of carbonyl (C=O) groups is 1. The van der Waals surface area contributed by atoms with Gasteiger partial charge in [0.2, 0.25) is 0 Å². The summed E-state index contributed by atoms with van der Waals surface area (Å²) in [4.78, 5) is 10.7. The van der Waals surface area contributed by atoms with Gasteiger partial charge < -0.3 is 9.84 Å². The number of carboxylic acid groups (broad SMARTS) is 1. The quantitative estimate of drug-likeness (QED) is 0.879. The first-order chi connectivity index (χ1) is 7.80. The average Bonchev–Trinajstić information content (AvgIpc) is 2.27.